The summed E-state index contributed by atoms with van der Waals surface area (Å²) in [4.78, 5) is 27.8. The van der Waals surface area contributed by atoms with Gasteiger partial charge in [-0.25, -0.2) is 0 Å². The van der Waals surface area contributed by atoms with Crippen LogP contribution in [0.1, 0.15) is 48.5 Å². The summed E-state index contributed by atoms with van der Waals surface area (Å²) in [5, 5.41) is 3.66. The first kappa shape index (κ1) is 22.2. The van der Waals surface area contributed by atoms with Gasteiger partial charge in [0.05, 0.1) is 7.11 Å². The van der Waals surface area contributed by atoms with Crippen LogP contribution < -0.4 is 10.1 Å². The predicted octanol–water partition coefficient (Wildman–Crippen LogP) is 4.51. The van der Waals surface area contributed by atoms with Crippen molar-refractivity contribution in [2.45, 2.75) is 38.6 Å². The number of likely N-dealkylation sites (tertiary alicyclic amines) is 1. The van der Waals surface area contributed by atoms with E-state index in [0.717, 1.165) is 17.9 Å². The second-order valence-corrected chi connectivity index (χ2v) is 8.51. The van der Waals surface area contributed by atoms with Gasteiger partial charge in [0.1, 0.15) is 11.8 Å². The average molecular weight is 429 g/mol. The van der Waals surface area contributed by atoms with E-state index in [1.807, 2.05) is 30.9 Å². The maximum atomic E-state index is 13.2. The van der Waals surface area contributed by atoms with Crippen molar-refractivity contribution < 1.29 is 14.3 Å². The van der Waals surface area contributed by atoms with E-state index in [1.165, 1.54) is 5.56 Å². The van der Waals surface area contributed by atoms with Crippen LogP contribution in [0, 0.1) is 5.92 Å². The van der Waals surface area contributed by atoms with Crippen LogP contribution >= 0.6 is 11.6 Å². The highest BCUT2D eigenvalue weighted by atomic mass is 35.5. The van der Waals surface area contributed by atoms with Crippen molar-refractivity contribution >= 4 is 23.4 Å². The molecule has 2 aromatic rings. The van der Waals surface area contributed by atoms with E-state index in [-0.39, 0.29) is 17.7 Å². The summed E-state index contributed by atoms with van der Waals surface area (Å²) >= 11 is 5.99. The van der Waals surface area contributed by atoms with Crippen LogP contribution in [0.4, 0.5) is 0 Å². The highest BCUT2D eigenvalue weighted by Gasteiger charge is 2.31. The van der Waals surface area contributed by atoms with Gasteiger partial charge in [-0.3, -0.25) is 9.59 Å². The van der Waals surface area contributed by atoms with Crippen LogP contribution in [-0.2, 0) is 4.79 Å². The molecule has 160 valence electrons. The first-order valence-electron chi connectivity index (χ1n) is 10.4. The van der Waals surface area contributed by atoms with Gasteiger partial charge in [-0.1, -0.05) is 43.6 Å². The molecule has 1 aliphatic rings. The number of benzene rings is 2. The van der Waals surface area contributed by atoms with E-state index in [4.69, 9.17) is 16.3 Å². The number of hydrogen-bond donors (Lipinski definition) is 1. The molecule has 30 heavy (non-hydrogen) atoms. The number of nitrogens with one attached hydrogen (secondary N) is 1. The number of hydrogen-bond acceptors (Lipinski definition) is 3. The molecule has 3 rings (SSSR count). The van der Waals surface area contributed by atoms with Crippen molar-refractivity contribution in [1.82, 2.24) is 10.2 Å². The second kappa shape index (κ2) is 9.98. The Morgan fingerprint density at radius 1 is 1.10 bits per heavy atom. The Hall–Kier alpha value is -2.53. The first-order chi connectivity index (χ1) is 14.4. The van der Waals surface area contributed by atoms with Gasteiger partial charge in [0, 0.05) is 23.7 Å². The highest BCUT2D eigenvalue weighted by molar-refractivity contribution is 6.30. The van der Waals surface area contributed by atoms with Crippen molar-refractivity contribution in [2.24, 2.45) is 5.92 Å². The third-order valence-corrected chi connectivity index (χ3v) is 5.95. The Kier molecular flexibility index (Phi) is 7.38. The maximum Gasteiger partial charge on any atom is 0.252 e. The number of carbonyl (C=O) groups is 2. The molecule has 0 aliphatic carbocycles. The summed E-state index contributed by atoms with van der Waals surface area (Å²) in [6.07, 6.45) is 1.81. The van der Waals surface area contributed by atoms with E-state index >= 15 is 0 Å². The average Bonchev–Trinajstić information content (AvgIpc) is 2.77. The topological polar surface area (TPSA) is 58.6 Å². The molecule has 1 atom stereocenters. The van der Waals surface area contributed by atoms with Gasteiger partial charge in [-0.15, -0.1) is 0 Å². The zero-order valence-corrected chi connectivity index (χ0v) is 18.5. The lowest BCUT2D eigenvalue weighted by molar-refractivity contribution is -0.135. The van der Waals surface area contributed by atoms with E-state index in [2.05, 4.69) is 17.4 Å². The molecular weight excluding hydrogens is 400 g/mol. The van der Waals surface area contributed by atoms with Gasteiger partial charge in [0.2, 0.25) is 5.91 Å². The molecule has 1 fully saturated rings. The van der Waals surface area contributed by atoms with Gasteiger partial charge in [0.25, 0.3) is 5.91 Å². The van der Waals surface area contributed by atoms with Crippen LogP contribution in [-0.4, -0.2) is 43.0 Å². The van der Waals surface area contributed by atoms with Crippen LogP contribution in [0.3, 0.4) is 0 Å². The normalized spacial score (nSPS) is 15.7. The minimum Gasteiger partial charge on any atom is -0.497 e. The lowest BCUT2D eigenvalue weighted by Crippen LogP contribution is -2.52. The Bertz CT molecular complexity index is 874. The molecule has 0 aromatic heterocycles. The molecule has 0 saturated carbocycles. The number of methoxy groups -OCH3 is 1. The molecule has 1 aliphatic heterocycles. The molecular formula is C24H29ClN2O3. The maximum absolute atomic E-state index is 13.2. The van der Waals surface area contributed by atoms with Crippen molar-refractivity contribution in [3.8, 4) is 5.75 Å². The van der Waals surface area contributed by atoms with Gasteiger partial charge >= 0.3 is 0 Å². The Morgan fingerprint density at radius 3 is 2.37 bits per heavy atom. The molecule has 1 saturated heterocycles. The van der Waals surface area contributed by atoms with E-state index in [0.29, 0.717) is 30.3 Å². The smallest absolute Gasteiger partial charge is 0.252 e. The largest absolute Gasteiger partial charge is 0.497 e. The number of piperidine rings is 1. The summed E-state index contributed by atoms with van der Waals surface area (Å²) in [7, 11) is 1.56. The fourth-order valence-corrected chi connectivity index (χ4v) is 3.99. The van der Waals surface area contributed by atoms with Crippen LogP contribution in [0.25, 0.3) is 0 Å². The van der Waals surface area contributed by atoms with Gasteiger partial charge in [-0.05, 0) is 60.6 Å². The zero-order chi connectivity index (χ0) is 21.7. The number of nitrogens with zero attached hydrogens (tertiary/aromatic N) is 1. The summed E-state index contributed by atoms with van der Waals surface area (Å²) < 4.78 is 5.19. The standard InChI is InChI=1S/C24H29ClN2O3/c1-16(2)22(26-23(28)19-5-4-6-21(15-19)30-3)24(29)27-13-11-18(12-14-27)17-7-9-20(25)10-8-17/h4-10,15-16,18,22H,11-14H2,1-3H3,(H,26,28)/t22-/m1/s1. The summed E-state index contributed by atoms with van der Waals surface area (Å²) in [6, 6.07) is 14.3. The van der Waals surface area contributed by atoms with Crippen molar-refractivity contribution in [1.29, 1.82) is 0 Å². The molecule has 0 bridgehead atoms. The minimum atomic E-state index is -0.559. The minimum absolute atomic E-state index is 0.0129. The fraction of sp³-hybridized carbons (Fsp3) is 0.417. The van der Waals surface area contributed by atoms with Gasteiger partial charge in [0.15, 0.2) is 0 Å². The van der Waals surface area contributed by atoms with Crippen LogP contribution in [0.2, 0.25) is 5.02 Å². The summed E-state index contributed by atoms with van der Waals surface area (Å²) in [5.74, 6) is 0.739. The lowest BCUT2D eigenvalue weighted by Gasteiger charge is -2.35. The van der Waals surface area contributed by atoms with Crippen LogP contribution in [0.5, 0.6) is 5.75 Å². The Morgan fingerprint density at radius 2 is 1.77 bits per heavy atom. The van der Waals surface area contributed by atoms with Crippen molar-refractivity contribution in [3.63, 3.8) is 0 Å². The SMILES string of the molecule is COc1cccc(C(=O)N[C@@H](C(=O)N2CCC(c3ccc(Cl)cc3)CC2)C(C)C)c1. The molecule has 1 N–H and O–H groups in total. The molecule has 0 unspecified atom stereocenters. The highest BCUT2D eigenvalue weighted by Crippen LogP contribution is 2.29. The molecule has 5 nitrogen and oxygen atoms in total. The third kappa shape index (κ3) is 5.33. The number of amides is 2. The van der Waals surface area contributed by atoms with Crippen molar-refractivity contribution in [3.05, 3.63) is 64.7 Å². The number of halogens is 1. The third-order valence-electron chi connectivity index (χ3n) is 5.70. The van der Waals surface area contributed by atoms with Crippen molar-refractivity contribution in [2.75, 3.05) is 20.2 Å². The number of carbonyl (C=O) groups excluding carboxylic acids is 2. The Balaban J connectivity index is 1.63. The molecule has 1 heterocycles. The quantitative estimate of drug-likeness (QED) is 0.736. The summed E-state index contributed by atoms with van der Waals surface area (Å²) in [6.45, 7) is 5.28. The van der Waals surface area contributed by atoms with E-state index < -0.39 is 6.04 Å². The fourth-order valence-electron chi connectivity index (χ4n) is 3.87. The zero-order valence-electron chi connectivity index (χ0n) is 17.7. The van der Waals surface area contributed by atoms with Crippen LogP contribution in [0.15, 0.2) is 48.5 Å². The number of rotatable bonds is 6. The number of ether oxygens (including phenoxy) is 1. The first-order valence-corrected chi connectivity index (χ1v) is 10.8. The van der Waals surface area contributed by atoms with Gasteiger partial charge in [-0.2, -0.15) is 0 Å². The molecule has 2 amide bonds. The lowest BCUT2D eigenvalue weighted by atomic mass is 9.89. The monoisotopic (exact) mass is 428 g/mol. The molecule has 0 radical (unpaired) electrons. The van der Waals surface area contributed by atoms with E-state index in [1.54, 1.807) is 31.4 Å². The molecule has 6 heteroatoms. The van der Waals surface area contributed by atoms with Gasteiger partial charge < -0.3 is 15.0 Å². The summed E-state index contributed by atoms with van der Waals surface area (Å²) in [5.41, 5.74) is 1.74. The molecule has 2 aromatic carbocycles. The predicted molar refractivity (Wildman–Crippen MR) is 119 cm³/mol. The molecule has 0 spiro atoms. The second-order valence-electron chi connectivity index (χ2n) is 8.08. The van der Waals surface area contributed by atoms with E-state index in [9.17, 15) is 9.59 Å². The Labute approximate surface area is 183 Å².